The van der Waals surface area contributed by atoms with Gasteiger partial charge >= 0.3 is 0 Å². The van der Waals surface area contributed by atoms with Gasteiger partial charge in [-0.3, -0.25) is 4.79 Å². The molecule has 5 heteroatoms. The summed E-state index contributed by atoms with van der Waals surface area (Å²) >= 11 is 0. The zero-order valence-electron chi connectivity index (χ0n) is 12.8. The molecular weight excluding hydrogens is 268 g/mol. The number of ether oxygens (including phenoxy) is 2. The summed E-state index contributed by atoms with van der Waals surface area (Å²) in [5, 5.41) is 6.28. The lowest BCUT2D eigenvalue weighted by atomic mass is 9.90. The molecule has 0 radical (unpaired) electrons. The third-order valence-corrected chi connectivity index (χ3v) is 3.77. The minimum Gasteiger partial charge on any atom is -0.491 e. The van der Waals surface area contributed by atoms with Gasteiger partial charge in [0.1, 0.15) is 12.4 Å². The molecule has 1 aliphatic heterocycles. The molecule has 1 atom stereocenters. The van der Waals surface area contributed by atoms with Crippen LogP contribution in [0.25, 0.3) is 0 Å². The molecule has 1 saturated heterocycles. The summed E-state index contributed by atoms with van der Waals surface area (Å²) in [6, 6.07) is 7.44. The van der Waals surface area contributed by atoms with E-state index in [0.29, 0.717) is 13.2 Å². The van der Waals surface area contributed by atoms with Gasteiger partial charge in [-0.2, -0.15) is 0 Å². The van der Waals surface area contributed by atoms with Gasteiger partial charge in [0, 0.05) is 18.9 Å². The topological polar surface area (TPSA) is 59.6 Å². The highest BCUT2D eigenvalue weighted by Crippen LogP contribution is 2.22. The van der Waals surface area contributed by atoms with E-state index < -0.39 is 5.54 Å². The first kappa shape index (κ1) is 15.8. The van der Waals surface area contributed by atoms with Crippen LogP contribution in [0.5, 0.6) is 5.75 Å². The number of benzene rings is 1. The van der Waals surface area contributed by atoms with Gasteiger partial charge in [0.15, 0.2) is 0 Å². The number of rotatable bonds is 6. The normalized spacial score (nSPS) is 21.8. The molecule has 0 aromatic heterocycles. The fraction of sp³-hybridized carbons (Fsp3) is 0.562. The van der Waals surface area contributed by atoms with Crippen LogP contribution in [0.4, 0.5) is 5.69 Å². The van der Waals surface area contributed by atoms with Gasteiger partial charge in [0.2, 0.25) is 5.91 Å². The second-order valence-corrected chi connectivity index (χ2v) is 5.54. The molecule has 116 valence electrons. The number of carbonyl (C=O) groups excluding carboxylic acids is 1. The average Bonchev–Trinajstić information content (AvgIpc) is 2.49. The summed E-state index contributed by atoms with van der Waals surface area (Å²) in [5.41, 5.74) is 0.272. The van der Waals surface area contributed by atoms with Gasteiger partial charge in [0.25, 0.3) is 0 Å². The molecule has 1 amide bonds. The van der Waals surface area contributed by atoms with E-state index in [1.807, 2.05) is 31.2 Å². The van der Waals surface area contributed by atoms with E-state index in [9.17, 15) is 4.79 Å². The summed E-state index contributed by atoms with van der Waals surface area (Å²) in [5.74, 6) is 0.739. The van der Waals surface area contributed by atoms with Gasteiger partial charge in [-0.15, -0.1) is 0 Å². The maximum Gasteiger partial charge on any atom is 0.244 e. The Morgan fingerprint density at radius 3 is 2.95 bits per heavy atom. The van der Waals surface area contributed by atoms with Crippen LogP contribution in [0.3, 0.4) is 0 Å². The largest absolute Gasteiger partial charge is 0.491 e. The number of methoxy groups -OCH3 is 1. The Hall–Kier alpha value is -1.59. The molecule has 1 heterocycles. The van der Waals surface area contributed by atoms with E-state index in [1.54, 1.807) is 7.11 Å². The van der Waals surface area contributed by atoms with Crippen molar-refractivity contribution in [1.82, 2.24) is 5.32 Å². The average molecular weight is 292 g/mol. The highest BCUT2D eigenvalue weighted by atomic mass is 16.5. The Kier molecular flexibility index (Phi) is 5.59. The smallest absolute Gasteiger partial charge is 0.244 e. The van der Waals surface area contributed by atoms with Gasteiger partial charge in [-0.1, -0.05) is 6.07 Å². The zero-order chi connectivity index (χ0) is 15.1. The monoisotopic (exact) mass is 292 g/mol. The Morgan fingerprint density at radius 2 is 2.24 bits per heavy atom. The number of piperidine rings is 1. The lowest BCUT2D eigenvalue weighted by molar-refractivity contribution is -0.122. The van der Waals surface area contributed by atoms with Crippen LogP contribution < -0.4 is 15.4 Å². The van der Waals surface area contributed by atoms with Gasteiger partial charge in [0.05, 0.1) is 12.1 Å². The molecule has 0 bridgehead atoms. The van der Waals surface area contributed by atoms with Gasteiger partial charge in [-0.05, 0) is 44.9 Å². The third-order valence-electron chi connectivity index (χ3n) is 3.77. The van der Waals surface area contributed by atoms with Crippen molar-refractivity contribution in [1.29, 1.82) is 0 Å². The standard InChI is InChI=1S/C16H24N2O3/c1-16(8-3-4-9-17-16)15(19)18-13-6-5-7-14(12-13)21-11-10-20-2/h5-7,12,17H,3-4,8-11H2,1-2H3,(H,18,19). The zero-order valence-corrected chi connectivity index (χ0v) is 12.8. The predicted molar refractivity (Wildman–Crippen MR) is 82.7 cm³/mol. The Labute approximate surface area is 126 Å². The first-order valence-corrected chi connectivity index (χ1v) is 7.42. The van der Waals surface area contributed by atoms with E-state index >= 15 is 0 Å². The fourth-order valence-corrected chi connectivity index (χ4v) is 2.43. The van der Waals surface area contributed by atoms with Gasteiger partial charge < -0.3 is 20.1 Å². The third kappa shape index (κ3) is 4.44. The van der Waals surface area contributed by atoms with Crippen molar-refractivity contribution in [3.05, 3.63) is 24.3 Å². The molecule has 1 aromatic rings. The summed E-state index contributed by atoms with van der Waals surface area (Å²) in [6.45, 7) is 3.89. The maximum atomic E-state index is 12.4. The molecule has 5 nitrogen and oxygen atoms in total. The van der Waals surface area contributed by atoms with Crippen molar-refractivity contribution in [2.24, 2.45) is 0 Å². The van der Waals surface area contributed by atoms with Gasteiger partial charge in [-0.25, -0.2) is 0 Å². The predicted octanol–water partition coefficient (Wildman–Crippen LogP) is 2.18. The molecule has 0 spiro atoms. The van der Waals surface area contributed by atoms with Crippen LogP contribution in [-0.2, 0) is 9.53 Å². The van der Waals surface area contributed by atoms with Crippen LogP contribution in [-0.4, -0.2) is 38.3 Å². The first-order chi connectivity index (χ1) is 10.1. The SMILES string of the molecule is COCCOc1cccc(NC(=O)C2(C)CCCCN2)c1. The molecule has 0 saturated carbocycles. The van der Waals surface area contributed by atoms with Crippen LogP contribution in [0.1, 0.15) is 26.2 Å². The number of carbonyl (C=O) groups is 1. The van der Waals surface area contributed by atoms with Crippen molar-refractivity contribution in [2.75, 3.05) is 32.2 Å². The lowest BCUT2D eigenvalue weighted by Crippen LogP contribution is -2.54. The van der Waals surface area contributed by atoms with E-state index in [0.717, 1.165) is 37.2 Å². The fourth-order valence-electron chi connectivity index (χ4n) is 2.43. The van der Waals surface area contributed by atoms with Crippen molar-refractivity contribution in [3.8, 4) is 5.75 Å². The van der Waals surface area contributed by atoms with E-state index in [-0.39, 0.29) is 5.91 Å². The van der Waals surface area contributed by atoms with E-state index in [1.165, 1.54) is 0 Å². The molecule has 2 rings (SSSR count). The van der Waals surface area contributed by atoms with E-state index in [4.69, 9.17) is 9.47 Å². The van der Waals surface area contributed by atoms with Crippen LogP contribution >= 0.6 is 0 Å². The molecule has 1 unspecified atom stereocenters. The minimum atomic E-state index is -0.481. The number of nitrogens with one attached hydrogen (secondary N) is 2. The van der Waals surface area contributed by atoms with E-state index in [2.05, 4.69) is 10.6 Å². The second-order valence-electron chi connectivity index (χ2n) is 5.54. The molecule has 2 N–H and O–H groups in total. The molecule has 1 aromatic carbocycles. The molecular formula is C16H24N2O3. The number of amides is 1. The quantitative estimate of drug-likeness (QED) is 0.789. The molecule has 1 fully saturated rings. The van der Waals surface area contributed by atoms with Crippen molar-refractivity contribution >= 4 is 11.6 Å². The minimum absolute atomic E-state index is 0.0104. The Morgan fingerprint density at radius 1 is 1.38 bits per heavy atom. The van der Waals surface area contributed by atoms with Crippen LogP contribution in [0.15, 0.2) is 24.3 Å². The summed E-state index contributed by atoms with van der Waals surface area (Å²) in [7, 11) is 1.64. The second kappa shape index (κ2) is 7.43. The molecule has 0 aliphatic carbocycles. The highest BCUT2D eigenvalue weighted by Gasteiger charge is 2.34. The van der Waals surface area contributed by atoms with Crippen LogP contribution in [0.2, 0.25) is 0 Å². The van der Waals surface area contributed by atoms with Crippen molar-refractivity contribution in [3.63, 3.8) is 0 Å². The highest BCUT2D eigenvalue weighted by molar-refractivity contribution is 5.98. The number of hydrogen-bond donors (Lipinski definition) is 2. The van der Waals surface area contributed by atoms with Crippen LogP contribution in [0, 0.1) is 0 Å². The summed E-state index contributed by atoms with van der Waals surface area (Å²) in [4.78, 5) is 12.4. The van der Waals surface area contributed by atoms with Crippen molar-refractivity contribution in [2.45, 2.75) is 31.7 Å². The molecule has 1 aliphatic rings. The maximum absolute atomic E-state index is 12.4. The Balaban J connectivity index is 1.95. The number of hydrogen-bond acceptors (Lipinski definition) is 4. The summed E-state index contributed by atoms with van der Waals surface area (Å²) < 4.78 is 10.5. The lowest BCUT2D eigenvalue weighted by Gasteiger charge is -2.33. The molecule has 21 heavy (non-hydrogen) atoms. The summed E-state index contributed by atoms with van der Waals surface area (Å²) in [6.07, 6.45) is 3.08. The Bertz CT molecular complexity index is 470. The first-order valence-electron chi connectivity index (χ1n) is 7.42. The van der Waals surface area contributed by atoms with Crippen molar-refractivity contribution < 1.29 is 14.3 Å². The number of anilines is 1.